The second-order valence-electron chi connectivity index (χ2n) is 3.65. The van der Waals surface area contributed by atoms with Gasteiger partial charge in [-0.05, 0) is 13.3 Å². The predicted molar refractivity (Wildman–Crippen MR) is 51.9 cm³/mol. The van der Waals surface area contributed by atoms with Crippen molar-refractivity contribution >= 4 is 5.91 Å². The van der Waals surface area contributed by atoms with Crippen molar-refractivity contribution in [1.82, 2.24) is 10.6 Å². The smallest absolute Gasteiger partial charge is 0.237 e. The molecule has 3 atom stereocenters. The van der Waals surface area contributed by atoms with Gasteiger partial charge in [-0.25, -0.2) is 0 Å². The zero-order valence-electron chi connectivity index (χ0n) is 8.62. The molecule has 5 heteroatoms. The number of amides is 1. The van der Waals surface area contributed by atoms with Gasteiger partial charge in [-0.15, -0.1) is 0 Å². The largest absolute Gasteiger partial charge is 0.392 e. The van der Waals surface area contributed by atoms with E-state index in [2.05, 4.69) is 10.6 Å². The number of hydrogen-bond acceptors (Lipinski definition) is 4. The molecular formula is C9H18N2O3. The summed E-state index contributed by atoms with van der Waals surface area (Å²) in [5.74, 6) is -0.0644. The van der Waals surface area contributed by atoms with Crippen molar-refractivity contribution in [3.05, 3.63) is 0 Å². The molecule has 1 aliphatic heterocycles. The summed E-state index contributed by atoms with van der Waals surface area (Å²) >= 11 is 0. The lowest BCUT2D eigenvalue weighted by Gasteiger charge is -2.12. The number of hydrogen-bond donors (Lipinski definition) is 3. The molecule has 0 bridgehead atoms. The van der Waals surface area contributed by atoms with Crippen molar-refractivity contribution in [2.24, 2.45) is 0 Å². The van der Waals surface area contributed by atoms with E-state index in [9.17, 15) is 4.79 Å². The Bertz CT molecular complexity index is 196. The van der Waals surface area contributed by atoms with E-state index in [1.165, 1.54) is 0 Å². The van der Waals surface area contributed by atoms with Crippen LogP contribution in [0.15, 0.2) is 0 Å². The van der Waals surface area contributed by atoms with Gasteiger partial charge < -0.3 is 20.5 Å². The zero-order valence-corrected chi connectivity index (χ0v) is 8.62. The van der Waals surface area contributed by atoms with Crippen molar-refractivity contribution < 1.29 is 14.6 Å². The average Bonchev–Trinajstić information content (AvgIpc) is 2.62. The third-order valence-corrected chi connectivity index (χ3v) is 2.31. The topological polar surface area (TPSA) is 70.6 Å². The third-order valence-electron chi connectivity index (χ3n) is 2.31. The fraction of sp³-hybridized carbons (Fsp3) is 0.889. The van der Waals surface area contributed by atoms with Crippen LogP contribution in [-0.4, -0.2) is 49.5 Å². The first-order chi connectivity index (χ1) is 6.63. The van der Waals surface area contributed by atoms with Gasteiger partial charge in [-0.2, -0.15) is 0 Å². The number of carbonyl (C=O) groups excluding carboxylic acids is 1. The van der Waals surface area contributed by atoms with E-state index in [-0.39, 0.29) is 18.1 Å². The van der Waals surface area contributed by atoms with Gasteiger partial charge in [0.1, 0.15) is 0 Å². The van der Waals surface area contributed by atoms with Gasteiger partial charge >= 0.3 is 0 Å². The summed E-state index contributed by atoms with van der Waals surface area (Å²) in [4.78, 5) is 11.5. The zero-order chi connectivity index (χ0) is 10.6. The first-order valence-electron chi connectivity index (χ1n) is 4.85. The number of carbonyl (C=O) groups is 1. The Morgan fingerprint density at radius 1 is 1.79 bits per heavy atom. The van der Waals surface area contributed by atoms with Gasteiger partial charge in [0.25, 0.3) is 0 Å². The Morgan fingerprint density at radius 3 is 3.00 bits per heavy atom. The molecule has 0 aromatic rings. The van der Waals surface area contributed by atoms with Gasteiger partial charge in [0.05, 0.1) is 18.2 Å². The minimum absolute atomic E-state index is 0.0644. The highest BCUT2D eigenvalue weighted by molar-refractivity contribution is 5.82. The van der Waals surface area contributed by atoms with E-state index in [0.717, 1.165) is 0 Å². The lowest BCUT2D eigenvalue weighted by Crippen LogP contribution is -2.42. The summed E-state index contributed by atoms with van der Waals surface area (Å²) in [5, 5.41) is 14.7. The van der Waals surface area contributed by atoms with Gasteiger partial charge in [-0.3, -0.25) is 4.79 Å². The van der Waals surface area contributed by atoms with Gasteiger partial charge in [0.15, 0.2) is 0 Å². The summed E-state index contributed by atoms with van der Waals surface area (Å²) in [6.07, 6.45) is 0.318. The number of aliphatic hydroxyl groups excluding tert-OH is 1. The summed E-state index contributed by atoms with van der Waals surface area (Å²) < 4.78 is 5.13. The number of methoxy groups -OCH3 is 1. The second-order valence-corrected chi connectivity index (χ2v) is 3.65. The maximum atomic E-state index is 11.5. The molecule has 0 aromatic heterocycles. The van der Waals surface area contributed by atoms with Crippen LogP contribution in [0.4, 0.5) is 0 Å². The molecule has 82 valence electrons. The SMILES string of the molecule is COC1CNC(C(=O)NCC(C)O)C1. The molecule has 0 aliphatic carbocycles. The lowest BCUT2D eigenvalue weighted by atomic mass is 10.2. The molecule has 0 saturated carbocycles. The highest BCUT2D eigenvalue weighted by Gasteiger charge is 2.28. The summed E-state index contributed by atoms with van der Waals surface area (Å²) in [5.41, 5.74) is 0. The lowest BCUT2D eigenvalue weighted by molar-refractivity contribution is -0.123. The molecule has 1 heterocycles. The van der Waals surface area contributed by atoms with Crippen molar-refractivity contribution in [3.63, 3.8) is 0 Å². The molecule has 1 rings (SSSR count). The fourth-order valence-corrected chi connectivity index (χ4v) is 1.45. The van der Waals surface area contributed by atoms with Crippen LogP contribution < -0.4 is 10.6 Å². The normalized spacial score (nSPS) is 28.8. The second kappa shape index (κ2) is 5.29. The first-order valence-corrected chi connectivity index (χ1v) is 4.85. The summed E-state index contributed by atoms with van der Waals surface area (Å²) in [6.45, 7) is 2.65. The molecule has 1 fully saturated rings. The van der Waals surface area contributed by atoms with E-state index in [0.29, 0.717) is 19.5 Å². The quantitative estimate of drug-likeness (QED) is 0.539. The van der Waals surface area contributed by atoms with Crippen LogP contribution in [0.3, 0.4) is 0 Å². The van der Waals surface area contributed by atoms with Crippen LogP contribution in [0.5, 0.6) is 0 Å². The fourth-order valence-electron chi connectivity index (χ4n) is 1.45. The Hall–Kier alpha value is -0.650. The molecule has 1 amide bonds. The van der Waals surface area contributed by atoms with Gasteiger partial charge in [0.2, 0.25) is 5.91 Å². The molecule has 3 unspecified atom stereocenters. The highest BCUT2D eigenvalue weighted by atomic mass is 16.5. The molecule has 0 spiro atoms. The number of nitrogens with one attached hydrogen (secondary N) is 2. The van der Waals surface area contributed by atoms with Crippen LogP contribution in [-0.2, 0) is 9.53 Å². The van der Waals surface area contributed by atoms with E-state index in [1.54, 1.807) is 14.0 Å². The molecule has 3 N–H and O–H groups in total. The molecule has 5 nitrogen and oxygen atoms in total. The van der Waals surface area contributed by atoms with Crippen LogP contribution in [0.2, 0.25) is 0 Å². The minimum atomic E-state index is -0.501. The first kappa shape index (κ1) is 11.4. The number of aliphatic hydroxyl groups is 1. The van der Waals surface area contributed by atoms with E-state index in [4.69, 9.17) is 9.84 Å². The standard InChI is InChI=1S/C9H18N2O3/c1-6(12)4-11-9(13)8-3-7(14-2)5-10-8/h6-8,10,12H,3-5H2,1-2H3,(H,11,13). The molecule has 1 aliphatic rings. The Morgan fingerprint density at radius 2 is 2.50 bits per heavy atom. The maximum Gasteiger partial charge on any atom is 0.237 e. The maximum absolute atomic E-state index is 11.5. The Kier molecular flexibility index (Phi) is 4.31. The number of rotatable bonds is 4. The Balaban J connectivity index is 2.25. The monoisotopic (exact) mass is 202 g/mol. The highest BCUT2D eigenvalue weighted by Crippen LogP contribution is 2.09. The Labute approximate surface area is 83.8 Å². The van der Waals surface area contributed by atoms with Crippen LogP contribution >= 0.6 is 0 Å². The van der Waals surface area contributed by atoms with Crippen LogP contribution in [0, 0.1) is 0 Å². The van der Waals surface area contributed by atoms with Crippen LogP contribution in [0.1, 0.15) is 13.3 Å². The molecule has 0 radical (unpaired) electrons. The molecule has 1 saturated heterocycles. The van der Waals surface area contributed by atoms with Gasteiger partial charge in [-0.1, -0.05) is 0 Å². The third kappa shape index (κ3) is 3.25. The van der Waals surface area contributed by atoms with E-state index in [1.807, 2.05) is 0 Å². The van der Waals surface area contributed by atoms with E-state index >= 15 is 0 Å². The van der Waals surface area contributed by atoms with Crippen molar-refractivity contribution in [2.45, 2.75) is 31.6 Å². The van der Waals surface area contributed by atoms with Crippen molar-refractivity contribution in [3.8, 4) is 0 Å². The molecule has 0 aromatic carbocycles. The van der Waals surface area contributed by atoms with Gasteiger partial charge in [0, 0.05) is 20.2 Å². The van der Waals surface area contributed by atoms with E-state index < -0.39 is 6.10 Å². The van der Waals surface area contributed by atoms with Crippen LogP contribution in [0.25, 0.3) is 0 Å². The molecule has 14 heavy (non-hydrogen) atoms. The van der Waals surface area contributed by atoms with Crippen molar-refractivity contribution in [1.29, 1.82) is 0 Å². The summed E-state index contributed by atoms with van der Waals surface area (Å²) in [7, 11) is 1.64. The predicted octanol–water partition coefficient (Wildman–Crippen LogP) is -1.14. The summed E-state index contributed by atoms with van der Waals surface area (Å²) in [6, 6.07) is -0.182. The average molecular weight is 202 g/mol. The van der Waals surface area contributed by atoms with Crippen molar-refractivity contribution in [2.75, 3.05) is 20.2 Å². The minimum Gasteiger partial charge on any atom is -0.392 e. The number of ether oxygens (including phenoxy) is 1. The molecular weight excluding hydrogens is 184 g/mol.